The lowest BCUT2D eigenvalue weighted by molar-refractivity contribution is 0.114. The van der Waals surface area contributed by atoms with Gasteiger partial charge in [0.25, 0.3) is 0 Å². The molecule has 0 radical (unpaired) electrons. The Balaban J connectivity index is 0.00000243. The Morgan fingerprint density at radius 2 is 1.96 bits per heavy atom. The molecule has 26 heavy (non-hydrogen) atoms. The van der Waals surface area contributed by atoms with Gasteiger partial charge in [-0.05, 0) is 50.3 Å². The number of benzene rings is 1. The van der Waals surface area contributed by atoms with Crippen molar-refractivity contribution in [2.24, 2.45) is 10.7 Å². The topological polar surface area (TPSA) is 62.9 Å². The molecule has 2 unspecified atom stereocenters. The normalized spacial score (nSPS) is 24.3. The van der Waals surface area contributed by atoms with Crippen molar-refractivity contribution < 1.29 is 4.74 Å². The largest absolute Gasteiger partial charge is 0.376 e. The van der Waals surface area contributed by atoms with Crippen LogP contribution in [0.4, 0.5) is 0 Å². The zero-order valence-electron chi connectivity index (χ0n) is 15.8. The van der Waals surface area contributed by atoms with Crippen LogP contribution in [0, 0.1) is 0 Å². The zero-order chi connectivity index (χ0) is 17.5. The molecule has 0 aromatic heterocycles. The minimum absolute atomic E-state index is 0. The van der Waals surface area contributed by atoms with Gasteiger partial charge in [-0.3, -0.25) is 4.90 Å². The lowest BCUT2D eigenvalue weighted by Crippen LogP contribution is -2.37. The smallest absolute Gasteiger partial charge is 0.189 e. The van der Waals surface area contributed by atoms with Gasteiger partial charge in [-0.25, -0.2) is 4.99 Å². The van der Waals surface area contributed by atoms with Gasteiger partial charge in [-0.1, -0.05) is 30.7 Å². The number of nitrogens with zero attached hydrogens (tertiary/aromatic N) is 2. The monoisotopic (exact) mass is 472 g/mol. The fraction of sp³-hybridized carbons (Fsp3) is 0.650. The van der Waals surface area contributed by atoms with Crippen molar-refractivity contribution in [2.75, 3.05) is 19.7 Å². The van der Waals surface area contributed by atoms with Crippen LogP contribution in [0.25, 0.3) is 0 Å². The Hall–Kier alpha value is -0.860. The van der Waals surface area contributed by atoms with Gasteiger partial charge in [-0.2, -0.15) is 0 Å². The minimum Gasteiger partial charge on any atom is -0.376 e. The summed E-state index contributed by atoms with van der Waals surface area (Å²) in [7, 11) is 0. The summed E-state index contributed by atoms with van der Waals surface area (Å²) in [6, 6.07) is 9.49. The van der Waals surface area contributed by atoms with Gasteiger partial charge in [0, 0.05) is 25.7 Å². The van der Waals surface area contributed by atoms with Crippen LogP contribution < -0.4 is 11.1 Å². The first-order chi connectivity index (χ1) is 12.2. The molecule has 3 N–H and O–H groups in total. The molecule has 2 aliphatic heterocycles. The summed E-state index contributed by atoms with van der Waals surface area (Å²) >= 11 is 0. The Kier molecular flexibility index (Phi) is 9.15. The van der Waals surface area contributed by atoms with Gasteiger partial charge in [0.05, 0.1) is 12.6 Å². The number of rotatable bonds is 6. The van der Waals surface area contributed by atoms with E-state index in [0.29, 0.717) is 18.5 Å². The van der Waals surface area contributed by atoms with Crippen molar-refractivity contribution in [3.63, 3.8) is 0 Å². The van der Waals surface area contributed by atoms with Crippen LogP contribution in [0.15, 0.2) is 29.3 Å². The van der Waals surface area contributed by atoms with Gasteiger partial charge < -0.3 is 15.8 Å². The standard InChI is InChI=1S/C20H32N4O.HI/c1-16-5-2-3-11-24(16)15-18-9-7-17(8-10-18)13-22-20(21)23-14-19-6-4-12-25-19;/h7-10,16,19H,2-6,11-15H2,1H3,(H3,21,22,23);1H. The van der Waals surface area contributed by atoms with Gasteiger partial charge in [0.2, 0.25) is 0 Å². The maximum absolute atomic E-state index is 5.95. The lowest BCUT2D eigenvalue weighted by atomic mass is 10.0. The first kappa shape index (κ1) is 21.4. The second kappa shape index (κ2) is 11.1. The molecule has 3 rings (SSSR count). The summed E-state index contributed by atoms with van der Waals surface area (Å²) in [5.74, 6) is 0.502. The molecule has 0 saturated carbocycles. The predicted molar refractivity (Wildman–Crippen MR) is 118 cm³/mol. The average molecular weight is 472 g/mol. The molecule has 2 fully saturated rings. The van der Waals surface area contributed by atoms with Crippen molar-refractivity contribution >= 4 is 29.9 Å². The highest BCUT2D eigenvalue weighted by molar-refractivity contribution is 14.0. The summed E-state index contributed by atoms with van der Waals surface area (Å²) in [6.07, 6.45) is 6.56. The van der Waals surface area contributed by atoms with Crippen LogP contribution in [0.5, 0.6) is 0 Å². The first-order valence-corrected chi connectivity index (χ1v) is 9.68. The maximum atomic E-state index is 5.95. The number of aliphatic imine (C=N–C) groups is 1. The minimum atomic E-state index is 0. The number of hydrogen-bond donors (Lipinski definition) is 2. The molecule has 2 atom stereocenters. The number of hydrogen-bond acceptors (Lipinski definition) is 3. The SMILES string of the molecule is CC1CCCCN1Cc1ccc(CN=C(N)NCC2CCCO2)cc1.I. The molecule has 0 bridgehead atoms. The second-order valence-electron chi connectivity index (χ2n) is 7.35. The fourth-order valence-electron chi connectivity index (χ4n) is 3.63. The number of ether oxygens (including phenoxy) is 1. The molecular weight excluding hydrogens is 439 g/mol. The van der Waals surface area contributed by atoms with E-state index < -0.39 is 0 Å². The van der Waals surface area contributed by atoms with Crippen molar-refractivity contribution in [3.05, 3.63) is 35.4 Å². The van der Waals surface area contributed by atoms with Gasteiger partial charge in [0.15, 0.2) is 5.96 Å². The molecule has 6 heteroatoms. The average Bonchev–Trinajstić information content (AvgIpc) is 3.15. The van der Waals surface area contributed by atoms with E-state index in [2.05, 4.69) is 46.4 Å². The predicted octanol–water partition coefficient (Wildman–Crippen LogP) is 3.26. The van der Waals surface area contributed by atoms with Crippen molar-refractivity contribution in [1.29, 1.82) is 0 Å². The maximum Gasteiger partial charge on any atom is 0.189 e. The quantitative estimate of drug-likeness (QED) is 0.379. The summed E-state index contributed by atoms with van der Waals surface area (Å²) in [5.41, 5.74) is 8.52. The Bertz CT molecular complexity index is 557. The molecule has 1 aromatic rings. The van der Waals surface area contributed by atoms with Gasteiger partial charge in [-0.15, -0.1) is 24.0 Å². The van der Waals surface area contributed by atoms with Crippen LogP contribution in [0.2, 0.25) is 0 Å². The number of likely N-dealkylation sites (tertiary alicyclic amines) is 1. The molecule has 5 nitrogen and oxygen atoms in total. The fourth-order valence-corrected chi connectivity index (χ4v) is 3.63. The molecule has 2 saturated heterocycles. The van der Waals surface area contributed by atoms with Crippen molar-refractivity contribution in [3.8, 4) is 0 Å². The molecule has 0 aliphatic carbocycles. The highest BCUT2D eigenvalue weighted by Crippen LogP contribution is 2.19. The van der Waals surface area contributed by atoms with Crippen LogP contribution in [-0.2, 0) is 17.8 Å². The zero-order valence-corrected chi connectivity index (χ0v) is 18.2. The lowest BCUT2D eigenvalue weighted by Gasteiger charge is -2.33. The number of halogens is 1. The number of guanidine groups is 1. The second-order valence-corrected chi connectivity index (χ2v) is 7.35. The molecule has 0 spiro atoms. The number of nitrogens with two attached hydrogens (primary N) is 1. The van der Waals surface area contributed by atoms with E-state index in [9.17, 15) is 0 Å². The van der Waals surface area contributed by atoms with E-state index in [1.54, 1.807) is 0 Å². The van der Waals surface area contributed by atoms with Crippen molar-refractivity contribution in [1.82, 2.24) is 10.2 Å². The van der Waals surface area contributed by atoms with E-state index in [4.69, 9.17) is 10.5 Å². The van der Waals surface area contributed by atoms with Crippen LogP contribution in [-0.4, -0.2) is 42.7 Å². The molecule has 2 heterocycles. The Morgan fingerprint density at radius 3 is 2.65 bits per heavy atom. The highest BCUT2D eigenvalue weighted by atomic mass is 127. The van der Waals surface area contributed by atoms with Gasteiger partial charge >= 0.3 is 0 Å². The molecule has 1 aromatic carbocycles. The third kappa shape index (κ3) is 6.70. The van der Waals surface area contributed by atoms with E-state index in [1.165, 1.54) is 36.9 Å². The van der Waals surface area contributed by atoms with E-state index >= 15 is 0 Å². The summed E-state index contributed by atoms with van der Waals surface area (Å²) in [6.45, 7) is 6.85. The Labute approximate surface area is 174 Å². The number of piperidine rings is 1. The van der Waals surface area contributed by atoms with E-state index in [0.717, 1.165) is 32.5 Å². The van der Waals surface area contributed by atoms with Gasteiger partial charge in [0.1, 0.15) is 0 Å². The third-order valence-corrected chi connectivity index (χ3v) is 5.32. The van der Waals surface area contributed by atoms with Crippen LogP contribution >= 0.6 is 24.0 Å². The van der Waals surface area contributed by atoms with Crippen LogP contribution in [0.3, 0.4) is 0 Å². The summed E-state index contributed by atoms with van der Waals surface area (Å²) < 4.78 is 5.57. The third-order valence-electron chi connectivity index (χ3n) is 5.32. The first-order valence-electron chi connectivity index (χ1n) is 9.68. The summed E-state index contributed by atoms with van der Waals surface area (Å²) in [5, 5.41) is 3.16. The Morgan fingerprint density at radius 1 is 1.19 bits per heavy atom. The van der Waals surface area contributed by atoms with E-state index in [-0.39, 0.29) is 30.1 Å². The molecule has 2 aliphatic rings. The van der Waals surface area contributed by atoms with Crippen molar-refractivity contribution in [2.45, 2.75) is 64.3 Å². The molecule has 0 amide bonds. The molecule has 146 valence electrons. The van der Waals surface area contributed by atoms with Crippen LogP contribution in [0.1, 0.15) is 50.2 Å². The number of nitrogens with one attached hydrogen (secondary N) is 1. The molecular formula is C20H33IN4O. The van der Waals surface area contributed by atoms with E-state index in [1.807, 2.05) is 0 Å². The summed E-state index contributed by atoms with van der Waals surface area (Å²) in [4.78, 5) is 7.02. The highest BCUT2D eigenvalue weighted by Gasteiger charge is 2.18.